The lowest BCUT2D eigenvalue weighted by molar-refractivity contribution is -0.384. The Morgan fingerprint density at radius 2 is 2.04 bits per heavy atom. The number of nitrogens with zero attached hydrogens (tertiary/aromatic N) is 4. The Hall–Kier alpha value is -3.19. The Morgan fingerprint density at radius 3 is 2.82 bits per heavy atom. The monoisotopic (exact) mass is 378 g/mol. The van der Waals surface area contributed by atoms with Crippen molar-refractivity contribution in [1.82, 2.24) is 14.5 Å². The number of methoxy groups -OCH3 is 1. The highest BCUT2D eigenvalue weighted by Crippen LogP contribution is 2.29. The third kappa shape index (κ3) is 3.36. The number of benzene rings is 2. The van der Waals surface area contributed by atoms with E-state index in [0.29, 0.717) is 0 Å². The molecule has 0 spiro atoms. The second kappa shape index (κ2) is 7.44. The number of hydrogen-bond acceptors (Lipinski definition) is 5. The Kier molecular flexibility index (Phi) is 4.83. The Balaban J connectivity index is 1.60. The van der Waals surface area contributed by atoms with Gasteiger partial charge in [0.05, 0.1) is 23.4 Å². The maximum Gasteiger partial charge on any atom is 0.270 e. The first-order valence-corrected chi connectivity index (χ1v) is 9.20. The summed E-state index contributed by atoms with van der Waals surface area (Å²) >= 11 is 0. The summed E-state index contributed by atoms with van der Waals surface area (Å²) in [5, 5.41) is 11.1. The van der Waals surface area contributed by atoms with Crippen molar-refractivity contribution in [3.63, 3.8) is 0 Å². The molecule has 0 fully saturated rings. The fraction of sp³-hybridized carbons (Fsp3) is 0.286. The summed E-state index contributed by atoms with van der Waals surface area (Å²) in [6, 6.07) is 14.7. The average Bonchev–Trinajstić information content (AvgIpc) is 3.05. The van der Waals surface area contributed by atoms with Gasteiger partial charge in [0.2, 0.25) is 0 Å². The van der Waals surface area contributed by atoms with Crippen LogP contribution in [-0.2, 0) is 26.6 Å². The molecular weight excluding hydrogens is 356 g/mol. The molecule has 4 rings (SSSR count). The van der Waals surface area contributed by atoms with E-state index in [9.17, 15) is 10.1 Å². The van der Waals surface area contributed by atoms with Gasteiger partial charge in [0, 0.05) is 56.4 Å². The van der Waals surface area contributed by atoms with Crippen LogP contribution in [-0.4, -0.2) is 33.0 Å². The van der Waals surface area contributed by atoms with Gasteiger partial charge in [-0.25, -0.2) is 4.98 Å². The van der Waals surface area contributed by atoms with E-state index in [1.54, 1.807) is 19.2 Å². The highest BCUT2D eigenvalue weighted by Gasteiger charge is 2.24. The van der Waals surface area contributed by atoms with Crippen molar-refractivity contribution < 1.29 is 9.66 Å². The summed E-state index contributed by atoms with van der Waals surface area (Å²) in [5.74, 6) is 1.67. The van der Waals surface area contributed by atoms with Gasteiger partial charge in [-0.2, -0.15) is 0 Å². The molecule has 144 valence electrons. The minimum absolute atomic E-state index is 0.0799. The van der Waals surface area contributed by atoms with Crippen molar-refractivity contribution in [2.75, 3.05) is 13.7 Å². The quantitative estimate of drug-likeness (QED) is 0.501. The largest absolute Gasteiger partial charge is 0.496 e. The molecule has 2 aromatic carbocycles. The zero-order chi connectivity index (χ0) is 19.7. The van der Waals surface area contributed by atoms with Gasteiger partial charge in [0.15, 0.2) is 0 Å². The molecule has 7 nitrogen and oxygen atoms in total. The van der Waals surface area contributed by atoms with Gasteiger partial charge in [0.25, 0.3) is 5.69 Å². The van der Waals surface area contributed by atoms with Crippen molar-refractivity contribution in [3.8, 4) is 17.1 Å². The molecule has 1 aromatic heterocycles. The first-order chi connectivity index (χ1) is 13.6. The Bertz CT molecular complexity index is 1030. The van der Waals surface area contributed by atoms with Crippen molar-refractivity contribution in [3.05, 3.63) is 75.6 Å². The molecule has 0 saturated heterocycles. The predicted octanol–water partition coefficient (Wildman–Crippen LogP) is 3.56. The SMILES string of the molecule is COc1ccccc1CN1CCc2nc(-c3cccc([N+](=O)[O-])c3)n(C)c2C1. The lowest BCUT2D eigenvalue weighted by Gasteiger charge is -2.27. The standard InChI is InChI=1S/C21H22N4O3/c1-23-19-14-24(13-16-6-3-4-9-20(16)28-2)11-10-18(19)22-21(23)15-7-5-8-17(12-15)25(26)27/h3-9,12H,10-11,13-14H2,1-2H3. The number of non-ortho nitro benzene ring substituents is 1. The Labute approximate surface area is 163 Å². The maximum atomic E-state index is 11.1. The number of imidazole rings is 1. The van der Waals surface area contributed by atoms with Gasteiger partial charge in [0.1, 0.15) is 11.6 Å². The van der Waals surface area contributed by atoms with Crippen LogP contribution in [0.2, 0.25) is 0 Å². The van der Waals surface area contributed by atoms with E-state index < -0.39 is 0 Å². The minimum Gasteiger partial charge on any atom is -0.496 e. The van der Waals surface area contributed by atoms with Gasteiger partial charge >= 0.3 is 0 Å². The zero-order valence-corrected chi connectivity index (χ0v) is 16.0. The van der Waals surface area contributed by atoms with Crippen LogP contribution < -0.4 is 4.74 Å². The summed E-state index contributed by atoms with van der Waals surface area (Å²) in [6.45, 7) is 2.50. The van der Waals surface area contributed by atoms with E-state index in [-0.39, 0.29) is 10.6 Å². The van der Waals surface area contributed by atoms with Gasteiger partial charge in [-0.1, -0.05) is 30.3 Å². The number of para-hydroxylation sites is 1. The van der Waals surface area contributed by atoms with E-state index in [4.69, 9.17) is 9.72 Å². The van der Waals surface area contributed by atoms with Crippen LogP contribution >= 0.6 is 0 Å². The van der Waals surface area contributed by atoms with Crippen molar-refractivity contribution >= 4 is 5.69 Å². The number of fused-ring (bicyclic) bond motifs is 1. The Morgan fingerprint density at radius 1 is 1.21 bits per heavy atom. The van der Waals surface area contributed by atoms with Crippen LogP contribution in [0.15, 0.2) is 48.5 Å². The smallest absolute Gasteiger partial charge is 0.270 e. The van der Waals surface area contributed by atoms with Crippen LogP contribution in [0.3, 0.4) is 0 Å². The molecule has 28 heavy (non-hydrogen) atoms. The molecule has 0 amide bonds. The molecule has 0 aliphatic carbocycles. The van der Waals surface area contributed by atoms with Gasteiger partial charge in [-0.3, -0.25) is 15.0 Å². The summed E-state index contributed by atoms with van der Waals surface area (Å²) in [7, 11) is 3.67. The van der Waals surface area contributed by atoms with Gasteiger partial charge in [-0.15, -0.1) is 0 Å². The highest BCUT2D eigenvalue weighted by molar-refractivity contribution is 5.61. The molecule has 2 heterocycles. The summed E-state index contributed by atoms with van der Waals surface area (Å²) in [6.07, 6.45) is 0.854. The summed E-state index contributed by atoms with van der Waals surface area (Å²) in [5.41, 5.74) is 4.23. The summed E-state index contributed by atoms with van der Waals surface area (Å²) in [4.78, 5) is 17.9. The van der Waals surface area contributed by atoms with Crippen molar-refractivity contribution in [2.45, 2.75) is 19.5 Å². The van der Waals surface area contributed by atoms with E-state index >= 15 is 0 Å². The fourth-order valence-corrected chi connectivity index (χ4v) is 3.77. The molecule has 0 radical (unpaired) electrons. The molecule has 0 atom stereocenters. The second-order valence-electron chi connectivity index (χ2n) is 6.97. The third-order valence-corrected chi connectivity index (χ3v) is 5.24. The van der Waals surface area contributed by atoms with Crippen molar-refractivity contribution in [2.24, 2.45) is 7.05 Å². The molecule has 1 aliphatic rings. The molecule has 1 aliphatic heterocycles. The minimum atomic E-state index is -0.374. The van der Waals surface area contributed by atoms with Gasteiger partial charge < -0.3 is 9.30 Å². The molecular formula is C21H22N4O3. The van der Waals surface area contributed by atoms with E-state index in [0.717, 1.165) is 60.1 Å². The van der Waals surface area contributed by atoms with Crippen molar-refractivity contribution in [1.29, 1.82) is 0 Å². The number of nitro benzene ring substituents is 1. The molecule has 0 bridgehead atoms. The van der Waals surface area contributed by atoms with Crippen LogP contribution in [0, 0.1) is 10.1 Å². The summed E-state index contributed by atoms with van der Waals surface area (Å²) < 4.78 is 7.53. The lowest BCUT2D eigenvalue weighted by Crippen LogP contribution is -2.31. The number of nitro groups is 1. The van der Waals surface area contributed by atoms with E-state index in [1.165, 1.54) is 6.07 Å². The zero-order valence-electron chi connectivity index (χ0n) is 16.0. The predicted molar refractivity (Wildman–Crippen MR) is 106 cm³/mol. The van der Waals surface area contributed by atoms with E-state index in [1.807, 2.05) is 31.3 Å². The number of aromatic nitrogens is 2. The molecule has 0 N–H and O–H groups in total. The van der Waals surface area contributed by atoms with E-state index in [2.05, 4.69) is 15.5 Å². The van der Waals surface area contributed by atoms with Crippen LogP contribution in [0.25, 0.3) is 11.4 Å². The number of hydrogen-bond donors (Lipinski definition) is 0. The number of rotatable bonds is 5. The molecule has 0 saturated carbocycles. The third-order valence-electron chi connectivity index (χ3n) is 5.24. The fourth-order valence-electron chi connectivity index (χ4n) is 3.77. The first-order valence-electron chi connectivity index (χ1n) is 9.20. The first kappa shape index (κ1) is 18.2. The topological polar surface area (TPSA) is 73.4 Å². The normalized spacial score (nSPS) is 13.9. The average molecular weight is 378 g/mol. The molecule has 0 unspecified atom stereocenters. The second-order valence-corrected chi connectivity index (χ2v) is 6.97. The molecule has 7 heteroatoms. The lowest BCUT2D eigenvalue weighted by atomic mass is 10.1. The van der Waals surface area contributed by atoms with Crippen LogP contribution in [0.1, 0.15) is 17.0 Å². The van der Waals surface area contributed by atoms with Crippen LogP contribution in [0.5, 0.6) is 5.75 Å². The highest BCUT2D eigenvalue weighted by atomic mass is 16.6. The van der Waals surface area contributed by atoms with Gasteiger partial charge in [-0.05, 0) is 6.07 Å². The number of ether oxygens (including phenoxy) is 1. The van der Waals surface area contributed by atoms with Crippen LogP contribution in [0.4, 0.5) is 5.69 Å². The maximum absolute atomic E-state index is 11.1. The molecule has 3 aromatic rings.